The quantitative estimate of drug-likeness (QED) is 0.779. The van der Waals surface area contributed by atoms with E-state index in [9.17, 15) is 9.59 Å². The number of hydrogen-bond acceptors (Lipinski definition) is 4. The Morgan fingerprint density at radius 2 is 1.85 bits per heavy atom. The lowest BCUT2D eigenvalue weighted by molar-refractivity contribution is -0.121. The number of ether oxygens (including phenoxy) is 2. The fraction of sp³-hybridized carbons (Fsp3) is 0.467. The van der Waals surface area contributed by atoms with Gasteiger partial charge in [-0.1, -0.05) is 6.92 Å². The van der Waals surface area contributed by atoms with Crippen LogP contribution in [0.2, 0.25) is 0 Å². The van der Waals surface area contributed by atoms with Crippen LogP contribution in [-0.2, 0) is 14.3 Å². The van der Waals surface area contributed by atoms with Gasteiger partial charge >= 0.3 is 5.97 Å². The summed E-state index contributed by atoms with van der Waals surface area (Å²) in [7, 11) is 0. The van der Waals surface area contributed by atoms with Crippen molar-refractivity contribution in [1.82, 2.24) is 0 Å². The number of anilines is 1. The van der Waals surface area contributed by atoms with Crippen molar-refractivity contribution in [2.75, 3.05) is 18.5 Å². The summed E-state index contributed by atoms with van der Waals surface area (Å²) >= 11 is 0. The molecule has 1 aromatic carbocycles. The molecule has 0 aliphatic rings. The van der Waals surface area contributed by atoms with Crippen molar-refractivity contribution >= 4 is 17.6 Å². The van der Waals surface area contributed by atoms with E-state index in [-0.39, 0.29) is 24.6 Å². The summed E-state index contributed by atoms with van der Waals surface area (Å²) < 4.78 is 10.2. The summed E-state index contributed by atoms with van der Waals surface area (Å²) in [4.78, 5) is 23.1. The van der Waals surface area contributed by atoms with Gasteiger partial charge in [-0.15, -0.1) is 0 Å². The van der Waals surface area contributed by atoms with Crippen molar-refractivity contribution in [2.45, 2.75) is 33.3 Å². The highest BCUT2D eigenvalue weighted by Gasteiger charge is 2.08. The minimum absolute atomic E-state index is 0.0106. The zero-order valence-corrected chi connectivity index (χ0v) is 12.1. The summed E-state index contributed by atoms with van der Waals surface area (Å²) in [6.07, 6.45) is 0.798. The largest absolute Gasteiger partial charge is 0.462 e. The van der Waals surface area contributed by atoms with E-state index in [2.05, 4.69) is 5.32 Å². The SMILES string of the molecule is CCCOC(=O)c1ccc(NC(=O)COC(C)C)cc1. The molecule has 1 amide bonds. The lowest BCUT2D eigenvalue weighted by Gasteiger charge is -2.09. The number of esters is 1. The standard InChI is InChI=1S/C15H21NO4/c1-4-9-19-15(18)12-5-7-13(8-6-12)16-14(17)10-20-11(2)3/h5-8,11H,4,9-10H2,1-3H3,(H,16,17). The van der Waals surface area contributed by atoms with Crippen molar-refractivity contribution < 1.29 is 19.1 Å². The highest BCUT2D eigenvalue weighted by atomic mass is 16.5. The van der Waals surface area contributed by atoms with Crippen LogP contribution in [0, 0.1) is 0 Å². The molecule has 0 saturated heterocycles. The van der Waals surface area contributed by atoms with E-state index in [0.717, 1.165) is 6.42 Å². The van der Waals surface area contributed by atoms with Crippen LogP contribution in [0.1, 0.15) is 37.6 Å². The molecular formula is C15H21NO4. The van der Waals surface area contributed by atoms with Gasteiger partial charge in [0, 0.05) is 5.69 Å². The van der Waals surface area contributed by atoms with E-state index in [4.69, 9.17) is 9.47 Å². The highest BCUT2D eigenvalue weighted by molar-refractivity contribution is 5.93. The average molecular weight is 279 g/mol. The maximum Gasteiger partial charge on any atom is 0.338 e. The average Bonchev–Trinajstić information content (AvgIpc) is 2.43. The van der Waals surface area contributed by atoms with Crippen LogP contribution in [0.4, 0.5) is 5.69 Å². The van der Waals surface area contributed by atoms with Crippen LogP contribution in [0.5, 0.6) is 0 Å². The third-order valence-corrected chi connectivity index (χ3v) is 2.39. The Kier molecular flexibility index (Phi) is 6.73. The first kappa shape index (κ1) is 16.2. The maximum absolute atomic E-state index is 11.6. The number of hydrogen-bond donors (Lipinski definition) is 1. The molecule has 0 aliphatic heterocycles. The van der Waals surface area contributed by atoms with Crippen LogP contribution in [0.25, 0.3) is 0 Å². The number of carbonyl (C=O) groups excluding carboxylic acids is 2. The summed E-state index contributed by atoms with van der Waals surface area (Å²) in [6, 6.07) is 6.57. The zero-order chi connectivity index (χ0) is 15.0. The molecule has 0 aromatic heterocycles. The third-order valence-electron chi connectivity index (χ3n) is 2.39. The second-order valence-electron chi connectivity index (χ2n) is 4.62. The zero-order valence-electron chi connectivity index (χ0n) is 12.1. The number of benzene rings is 1. The van der Waals surface area contributed by atoms with Crippen LogP contribution in [0.15, 0.2) is 24.3 Å². The third kappa shape index (κ3) is 5.84. The molecule has 0 aliphatic carbocycles. The molecule has 1 rings (SSSR count). The van der Waals surface area contributed by atoms with Crippen LogP contribution in [0.3, 0.4) is 0 Å². The Morgan fingerprint density at radius 3 is 2.40 bits per heavy atom. The predicted molar refractivity (Wildman–Crippen MR) is 76.7 cm³/mol. The minimum atomic E-state index is -0.354. The monoisotopic (exact) mass is 279 g/mol. The Labute approximate surface area is 119 Å². The molecule has 110 valence electrons. The van der Waals surface area contributed by atoms with Gasteiger partial charge < -0.3 is 14.8 Å². The fourth-order valence-corrected chi connectivity index (χ4v) is 1.41. The Bertz CT molecular complexity index is 440. The van der Waals surface area contributed by atoms with Crippen LogP contribution in [-0.4, -0.2) is 31.2 Å². The lowest BCUT2D eigenvalue weighted by atomic mass is 10.2. The molecule has 5 nitrogen and oxygen atoms in total. The van der Waals surface area contributed by atoms with Crippen LogP contribution < -0.4 is 5.32 Å². The van der Waals surface area contributed by atoms with Gasteiger partial charge in [0.15, 0.2) is 0 Å². The second-order valence-corrected chi connectivity index (χ2v) is 4.62. The molecule has 0 atom stereocenters. The number of nitrogens with one attached hydrogen (secondary N) is 1. The molecular weight excluding hydrogens is 258 g/mol. The fourth-order valence-electron chi connectivity index (χ4n) is 1.41. The molecule has 1 aromatic rings. The lowest BCUT2D eigenvalue weighted by Crippen LogP contribution is -2.20. The smallest absolute Gasteiger partial charge is 0.338 e. The first-order valence-corrected chi connectivity index (χ1v) is 6.71. The summed E-state index contributed by atoms with van der Waals surface area (Å²) in [5.74, 6) is -0.576. The molecule has 0 bridgehead atoms. The van der Waals surface area contributed by atoms with Crippen molar-refractivity contribution in [1.29, 1.82) is 0 Å². The maximum atomic E-state index is 11.6. The molecule has 0 heterocycles. The molecule has 5 heteroatoms. The minimum Gasteiger partial charge on any atom is -0.462 e. The van der Waals surface area contributed by atoms with Crippen molar-refractivity contribution in [3.63, 3.8) is 0 Å². The predicted octanol–water partition coefficient (Wildman–Crippen LogP) is 2.62. The molecule has 0 fully saturated rings. The Balaban J connectivity index is 2.50. The van der Waals surface area contributed by atoms with Crippen molar-refractivity contribution in [2.24, 2.45) is 0 Å². The Morgan fingerprint density at radius 1 is 1.20 bits per heavy atom. The molecule has 0 unspecified atom stereocenters. The number of amides is 1. The molecule has 0 radical (unpaired) electrons. The molecule has 20 heavy (non-hydrogen) atoms. The van der Waals surface area contributed by atoms with E-state index in [1.54, 1.807) is 24.3 Å². The van der Waals surface area contributed by atoms with Gasteiger partial charge in [0.2, 0.25) is 5.91 Å². The molecule has 0 saturated carbocycles. The van der Waals surface area contributed by atoms with E-state index >= 15 is 0 Å². The van der Waals surface area contributed by atoms with E-state index < -0.39 is 0 Å². The van der Waals surface area contributed by atoms with E-state index in [1.807, 2.05) is 20.8 Å². The van der Waals surface area contributed by atoms with Crippen LogP contribution >= 0.6 is 0 Å². The van der Waals surface area contributed by atoms with Gasteiger partial charge in [0.25, 0.3) is 0 Å². The highest BCUT2D eigenvalue weighted by Crippen LogP contribution is 2.10. The topological polar surface area (TPSA) is 64.6 Å². The van der Waals surface area contributed by atoms with Gasteiger partial charge in [-0.3, -0.25) is 4.79 Å². The van der Waals surface area contributed by atoms with Crippen molar-refractivity contribution in [3.8, 4) is 0 Å². The second kappa shape index (κ2) is 8.32. The van der Waals surface area contributed by atoms with Gasteiger partial charge in [0.1, 0.15) is 6.61 Å². The van der Waals surface area contributed by atoms with Gasteiger partial charge in [0.05, 0.1) is 18.3 Å². The summed E-state index contributed by atoms with van der Waals surface area (Å²) in [5.41, 5.74) is 1.09. The normalized spacial score (nSPS) is 10.4. The summed E-state index contributed by atoms with van der Waals surface area (Å²) in [6.45, 7) is 6.08. The Hall–Kier alpha value is -1.88. The van der Waals surface area contributed by atoms with E-state index in [0.29, 0.717) is 17.9 Å². The number of carbonyl (C=O) groups is 2. The molecule has 1 N–H and O–H groups in total. The summed E-state index contributed by atoms with van der Waals surface area (Å²) in [5, 5.41) is 2.69. The first-order valence-electron chi connectivity index (χ1n) is 6.71. The van der Waals surface area contributed by atoms with Crippen molar-refractivity contribution in [3.05, 3.63) is 29.8 Å². The van der Waals surface area contributed by atoms with Gasteiger partial charge in [-0.2, -0.15) is 0 Å². The molecule has 0 spiro atoms. The van der Waals surface area contributed by atoms with Gasteiger partial charge in [-0.25, -0.2) is 4.79 Å². The van der Waals surface area contributed by atoms with E-state index in [1.165, 1.54) is 0 Å². The number of rotatable bonds is 7. The van der Waals surface area contributed by atoms with Gasteiger partial charge in [-0.05, 0) is 44.5 Å². The first-order chi connectivity index (χ1) is 9.52.